The molecule has 24 heavy (non-hydrogen) atoms. The number of nitrogens with one attached hydrogen (secondary N) is 1. The molecule has 0 fully saturated rings. The van der Waals surface area contributed by atoms with Crippen molar-refractivity contribution < 1.29 is 13.9 Å². The molecular formula is C18H18ClFN2O2. The summed E-state index contributed by atoms with van der Waals surface area (Å²) in [6.45, 7) is 5.21. The summed E-state index contributed by atoms with van der Waals surface area (Å²) in [5.74, 6) is -0.122. The molecule has 0 bridgehead atoms. The van der Waals surface area contributed by atoms with Crippen molar-refractivity contribution in [3.63, 3.8) is 0 Å². The van der Waals surface area contributed by atoms with Crippen LogP contribution in [0.4, 0.5) is 4.39 Å². The van der Waals surface area contributed by atoms with Gasteiger partial charge < -0.3 is 4.74 Å². The highest BCUT2D eigenvalue weighted by molar-refractivity contribution is 6.30. The molecule has 126 valence electrons. The van der Waals surface area contributed by atoms with E-state index in [-0.39, 0.29) is 11.7 Å². The van der Waals surface area contributed by atoms with E-state index in [1.165, 1.54) is 12.1 Å². The second-order valence-electron chi connectivity index (χ2n) is 5.35. The number of carbonyl (C=O) groups is 1. The van der Waals surface area contributed by atoms with Crippen LogP contribution in [0, 0.1) is 12.7 Å². The van der Waals surface area contributed by atoms with Crippen LogP contribution in [-0.4, -0.2) is 17.7 Å². The van der Waals surface area contributed by atoms with Crippen molar-refractivity contribution in [2.75, 3.05) is 0 Å². The number of carbonyl (C=O) groups excluding carboxylic acids is 1. The SMILES string of the molecule is C/C(=N\NC(=O)C(C)Oc1ccc(Cl)cc1C)c1ccc(F)cc1. The number of amides is 1. The quantitative estimate of drug-likeness (QED) is 0.653. The fraction of sp³-hybridized carbons (Fsp3) is 0.222. The molecule has 0 spiro atoms. The summed E-state index contributed by atoms with van der Waals surface area (Å²) in [6, 6.07) is 11.0. The number of hydrogen-bond donors (Lipinski definition) is 1. The highest BCUT2D eigenvalue weighted by atomic mass is 35.5. The molecule has 0 radical (unpaired) electrons. The second kappa shape index (κ2) is 7.93. The number of halogens is 2. The van der Waals surface area contributed by atoms with Crippen LogP contribution in [0.25, 0.3) is 0 Å². The second-order valence-corrected chi connectivity index (χ2v) is 5.79. The van der Waals surface area contributed by atoms with Gasteiger partial charge >= 0.3 is 0 Å². The topological polar surface area (TPSA) is 50.7 Å². The molecule has 1 amide bonds. The molecule has 0 aliphatic rings. The van der Waals surface area contributed by atoms with Gasteiger partial charge in [0.1, 0.15) is 11.6 Å². The van der Waals surface area contributed by atoms with Crippen LogP contribution in [0.5, 0.6) is 5.75 Å². The van der Waals surface area contributed by atoms with Crippen molar-refractivity contribution >= 4 is 23.2 Å². The Kier molecular flexibility index (Phi) is 5.93. The lowest BCUT2D eigenvalue weighted by Gasteiger charge is -2.15. The fourth-order valence-corrected chi connectivity index (χ4v) is 2.20. The van der Waals surface area contributed by atoms with Crippen LogP contribution >= 0.6 is 11.6 Å². The van der Waals surface area contributed by atoms with E-state index in [1.54, 1.807) is 44.2 Å². The van der Waals surface area contributed by atoms with Gasteiger partial charge in [-0.1, -0.05) is 23.7 Å². The van der Waals surface area contributed by atoms with Gasteiger partial charge in [0.15, 0.2) is 6.10 Å². The smallest absolute Gasteiger partial charge is 0.280 e. The van der Waals surface area contributed by atoms with E-state index < -0.39 is 6.10 Å². The first-order chi connectivity index (χ1) is 11.4. The van der Waals surface area contributed by atoms with Crippen LogP contribution in [-0.2, 0) is 4.79 Å². The number of nitrogens with zero attached hydrogens (tertiary/aromatic N) is 1. The van der Waals surface area contributed by atoms with Gasteiger partial charge in [-0.3, -0.25) is 4.79 Å². The number of benzene rings is 2. The molecule has 0 saturated heterocycles. The molecule has 0 saturated carbocycles. The molecule has 4 nitrogen and oxygen atoms in total. The molecule has 1 atom stereocenters. The van der Waals surface area contributed by atoms with Gasteiger partial charge in [-0.15, -0.1) is 0 Å². The van der Waals surface area contributed by atoms with Crippen LogP contribution in [0.15, 0.2) is 47.6 Å². The monoisotopic (exact) mass is 348 g/mol. The van der Waals surface area contributed by atoms with Crippen LogP contribution in [0.1, 0.15) is 25.0 Å². The molecule has 0 aliphatic carbocycles. The van der Waals surface area contributed by atoms with Crippen molar-refractivity contribution in [3.8, 4) is 5.75 Å². The summed E-state index contributed by atoms with van der Waals surface area (Å²) in [7, 11) is 0. The van der Waals surface area contributed by atoms with Crippen molar-refractivity contribution in [2.24, 2.45) is 5.10 Å². The summed E-state index contributed by atoms with van der Waals surface area (Å²) in [4.78, 5) is 12.1. The van der Waals surface area contributed by atoms with Gasteiger partial charge in [-0.25, -0.2) is 9.82 Å². The van der Waals surface area contributed by atoms with Crippen LogP contribution in [0.3, 0.4) is 0 Å². The van der Waals surface area contributed by atoms with Gasteiger partial charge in [0.25, 0.3) is 5.91 Å². The Morgan fingerprint density at radius 1 is 1.25 bits per heavy atom. The zero-order valence-corrected chi connectivity index (χ0v) is 14.4. The van der Waals surface area contributed by atoms with Crippen molar-refractivity contribution in [3.05, 3.63) is 64.4 Å². The van der Waals surface area contributed by atoms with Crippen molar-refractivity contribution in [1.82, 2.24) is 5.43 Å². The van der Waals surface area contributed by atoms with Gasteiger partial charge in [0.2, 0.25) is 0 Å². The average molecular weight is 349 g/mol. The summed E-state index contributed by atoms with van der Waals surface area (Å²) in [6.07, 6.45) is -0.727. The summed E-state index contributed by atoms with van der Waals surface area (Å²) in [5, 5.41) is 4.62. The number of hydrogen-bond acceptors (Lipinski definition) is 3. The Labute approximate surface area is 145 Å². The molecule has 0 aliphatic heterocycles. The lowest BCUT2D eigenvalue weighted by Crippen LogP contribution is -2.34. The minimum atomic E-state index is -0.727. The van der Waals surface area contributed by atoms with Crippen LogP contribution < -0.4 is 10.2 Å². The standard InChI is InChI=1S/C18H18ClFN2O2/c1-11-10-15(19)6-9-17(11)24-13(3)18(23)22-21-12(2)14-4-7-16(20)8-5-14/h4-10,13H,1-3H3,(H,22,23)/b21-12+. The van der Waals surface area contributed by atoms with Crippen molar-refractivity contribution in [1.29, 1.82) is 0 Å². The number of rotatable bonds is 5. The Bertz CT molecular complexity index is 760. The number of ether oxygens (including phenoxy) is 1. The minimum absolute atomic E-state index is 0.323. The zero-order chi connectivity index (χ0) is 17.7. The predicted molar refractivity (Wildman–Crippen MR) is 93.0 cm³/mol. The first kappa shape index (κ1) is 17.9. The van der Waals surface area contributed by atoms with Gasteiger partial charge in [-0.2, -0.15) is 5.10 Å². The molecule has 1 unspecified atom stereocenters. The largest absolute Gasteiger partial charge is 0.481 e. The van der Waals surface area contributed by atoms with Gasteiger partial charge in [0.05, 0.1) is 5.71 Å². The van der Waals surface area contributed by atoms with E-state index in [2.05, 4.69) is 10.5 Å². The Morgan fingerprint density at radius 2 is 1.92 bits per heavy atom. The zero-order valence-electron chi connectivity index (χ0n) is 13.6. The van der Waals surface area contributed by atoms with Crippen LogP contribution in [0.2, 0.25) is 5.02 Å². The normalized spacial score (nSPS) is 12.6. The van der Waals surface area contributed by atoms with E-state index >= 15 is 0 Å². The van der Waals surface area contributed by atoms with E-state index in [1.807, 2.05) is 6.92 Å². The maximum atomic E-state index is 12.9. The first-order valence-electron chi connectivity index (χ1n) is 7.39. The predicted octanol–water partition coefficient (Wildman–Crippen LogP) is 4.10. The average Bonchev–Trinajstić information content (AvgIpc) is 2.55. The summed E-state index contributed by atoms with van der Waals surface area (Å²) >= 11 is 5.89. The summed E-state index contributed by atoms with van der Waals surface area (Å²) < 4.78 is 18.5. The van der Waals surface area contributed by atoms with E-state index in [9.17, 15) is 9.18 Å². The lowest BCUT2D eigenvalue weighted by atomic mass is 10.1. The highest BCUT2D eigenvalue weighted by Gasteiger charge is 2.15. The Balaban J connectivity index is 1.98. The summed E-state index contributed by atoms with van der Waals surface area (Å²) in [5.41, 5.74) is 4.58. The maximum absolute atomic E-state index is 12.9. The molecular weight excluding hydrogens is 331 g/mol. The lowest BCUT2D eigenvalue weighted by molar-refractivity contribution is -0.127. The maximum Gasteiger partial charge on any atom is 0.280 e. The Hall–Kier alpha value is -2.40. The number of hydrazone groups is 1. The van der Waals surface area contributed by atoms with Gasteiger partial charge in [0, 0.05) is 5.02 Å². The third-order valence-corrected chi connectivity index (χ3v) is 3.64. The third-order valence-electron chi connectivity index (χ3n) is 3.41. The third kappa shape index (κ3) is 4.80. The molecule has 0 heterocycles. The highest BCUT2D eigenvalue weighted by Crippen LogP contribution is 2.22. The van der Waals surface area contributed by atoms with E-state index in [0.717, 1.165) is 11.1 Å². The van der Waals surface area contributed by atoms with E-state index in [0.29, 0.717) is 16.5 Å². The molecule has 6 heteroatoms. The molecule has 2 aromatic rings. The molecule has 1 N–H and O–H groups in total. The Morgan fingerprint density at radius 3 is 2.54 bits per heavy atom. The minimum Gasteiger partial charge on any atom is -0.481 e. The van der Waals surface area contributed by atoms with Gasteiger partial charge in [-0.05, 0) is 62.2 Å². The van der Waals surface area contributed by atoms with Crippen molar-refractivity contribution in [2.45, 2.75) is 26.9 Å². The first-order valence-corrected chi connectivity index (χ1v) is 7.77. The fourth-order valence-electron chi connectivity index (χ4n) is 1.97. The molecule has 2 rings (SSSR count). The molecule has 2 aromatic carbocycles. The molecule has 0 aromatic heterocycles. The number of aryl methyl sites for hydroxylation is 1. The van der Waals surface area contributed by atoms with E-state index in [4.69, 9.17) is 16.3 Å².